The fraction of sp³-hybridized carbons (Fsp3) is 0.171. The van der Waals surface area contributed by atoms with Crippen LogP contribution in [0.4, 0.5) is 0 Å². The zero-order chi connectivity index (χ0) is 35.4. The van der Waals surface area contributed by atoms with Gasteiger partial charge in [0.2, 0.25) is 0 Å². The number of hydrogen-bond donors (Lipinski definition) is 0. The van der Waals surface area contributed by atoms with Gasteiger partial charge in [0.15, 0.2) is 18.3 Å². The van der Waals surface area contributed by atoms with Crippen LogP contribution in [-0.4, -0.2) is 66.4 Å². The van der Waals surface area contributed by atoms with Crippen molar-refractivity contribution >= 4 is 23.9 Å². The maximum absolute atomic E-state index is 13.6. The summed E-state index contributed by atoms with van der Waals surface area (Å²) in [5.41, 5.74) is 1.90. The SMILES string of the molecule is O=C(OC[C@@H](OC(=O)c1ccccc1)[C@H]1[C@H](OC(=O)c2ccccc2)[C@H](OC(=O)c2ccccc2)CN1OCc1ccccc1)c1ccccc1. The Hall–Kier alpha value is -6.10. The Balaban J connectivity index is 1.37. The van der Waals surface area contributed by atoms with Gasteiger partial charge in [0.05, 0.1) is 35.4 Å². The Morgan fingerprint density at radius 3 is 1.49 bits per heavy atom. The summed E-state index contributed by atoms with van der Waals surface area (Å²) in [5.74, 6) is -2.72. The fourth-order valence-electron chi connectivity index (χ4n) is 5.65. The summed E-state index contributed by atoms with van der Waals surface area (Å²) in [6, 6.07) is 41.7. The van der Waals surface area contributed by atoms with Gasteiger partial charge in [-0.05, 0) is 54.1 Å². The normalized spacial score (nSPS) is 17.5. The van der Waals surface area contributed by atoms with Crippen LogP contribution >= 0.6 is 0 Å². The van der Waals surface area contributed by atoms with Gasteiger partial charge in [0.1, 0.15) is 12.6 Å². The van der Waals surface area contributed by atoms with Crippen LogP contribution in [-0.2, 0) is 30.4 Å². The fourth-order valence-corrected chi connectivity index (χ4v) is 5.65. The summed E-state index contributed by atoms with van der Waals surface area (Å²) >= 11 is 0. The molecule has 0 amide bonds. The van der Waals surface area contributed by atoms with Crippen molar-refractivity contribution in [2.75, 3.05) is 13.2 Å². The Kier molecular flexibility index (Phi) is 11.6. The van der Waals surface area contributed by atoms with Gasteiger partial charge in [-0.25, -0.2) is 19.2 Å². The van der Waals surface area contributed by atoms with Crippen LogP contribution in [0.25, 0.3) is 0 Å². The largest absolute Gasteiger partial charge is 0.458 e. The smallest absolute Gasteiger partial charge is 0.338 e. The summed E-state index contributed by atoms with van der Waals surface area (Å²) in [4.78, 5) is 60.1. The highest BCUT2D eigenvalue weighted by molar-refractivity contribution is 5.91. The minimum Gasteiger partial charge on any atom is -0.458 e. The number of hydroxylamine groups is 2. The van der Waals surface area contributed by atoms with Crippen molar-refractivity contribution in [3.8, 4) is 0 Å². The van der Waals surface area contributed by atoms with Gasteiger partial charge < -0.3 is 18.9 Å². The van der Waals surface area contributed by atoms with Gasteiger partial charge in [0, 0.05) is 0 Å². The number of carbonyl (C=O) groups is 4. The third kappa shape index (κ3) is 9.13. The van der Waals surface area contributed by atoms with E-state index in [1.54, 1.807) is 121 Å². The van der Waals surface area contributed by atoms with Crippen LogP contribution in [0, 0.1) is 0 Å². The Labute approximate surface area is 295 Å². The molecule has 1 fully saturated rings. The highest BCUT2D eigenvalue weighted by Gasteiger charge is 2.53. The molecule has 0 bridgehead atoms. The lowest BCUT2D eigenvalue weighted by molar-refractivity contribution is -0.209. The topological polar surface area (TPSA) is 118 Å². The van der Waals surface area contributed by atoms with Gasteiger partial charge >= 0.3 is 23.9 Å². The van der Waals surface area contributed by atoms with Crippen molar-refractivity contribution in [1.29, 1.82) is 0 Å². The van der Waals surface area contributed by atoms with E-state index in [0.29, 0.717) is 0 Å². The first kappa shape index (κ1) is 34.8. The number of nitrogens with zero attached hydrogens (tertiary/aromatic N) is 1. The monoisotopic (exact) mass is 685 g/mol. The van der Waals surface area contributed by atoms with E-state index in [4.69, 9.17) is 23.8 Å². The third-order valence-electron chi connectivity index (χ3n) is 8.19. The molecule has 258 valence electrons. The van der Waals surface area contributed by atoms with E-state index < -0.39 is 54.8 Å². The molecule has 0 aliphatic carbocycles. The number of ether oxygens (including phenoxy) is 4. The average molecular weight is 686 g/mol. The molecule has 10 nitrogen and oxygen atoms in total. The molecule has 1 heterocycles. The minimum atomic E-state index is -1.27. The van der Waals surface area contributed by atoms with E-state index in [2.05, 4.69) is 0 Å². The molecule has 6 rings (SSSR count). The molecule has 5 aromatic rings. The van der Waals surface area contributed by atoms with Crippen LogP contribution in [0.5, 0.6) is 0 Å². The summed E-state index contributed by atoms with van der Waals surface area (Å²) < 4.78 is 23.9. The Bertz CT molecular complexity index is 1890. The molecule has 1 saturated heterocycles. The molecule has 0 N–H and O–H groups in total. The first-order chi connectivity index (χ1) is 25.0. The standard InChI is InChI=1S/C41H35NO9/c43-38(30-18-8-2-9-19-30)47-28-35(50-40(45)32-22-12-4-13-23-32)36-37(51-41(46)33-24-14-5-15-25-33)34(49-39(44)31-20-10-3-11-21-31)26-42(36)48-27-29-16-6-1-7-17-29/h1-25,34-37H,26-28H2/t34-,35-,36+,37-/m1/s1. The lowest BCUT2D eigenvalue weighted by Gasteiger charge is -2.33. The minimum absolute atomic E-state index is 0.0746. The van der Waals surface area contributed by atoms with E-state index in [0.717, 1.165) is 5.56 Å². The van der Waals surface area contributed by atoms with E-state index in [1.807, 2.05) is 30.3 Å². The first-order valence-electron chi connectivity index (χ1n) is 16.4. The van der Waals surface area contributed by atoms with Crippen molar-refractivity contribution in [1.82, 2.24) is 5.06 Å². The van der Waals surface area contributed by atoms with Crippen molar-refractivity contribution < 1.29 is 43.0 Å². The zero-order valence-electron chi connectivity index (χ0n) is 27.5. The number of hydrogen-bond acceptors (Lipinski definition) is 10. The van der Waals surface area contributed by atoms with Crippen molar-refractivity contribution in [2.24, 2.45) is 0 Å². The van der Waals surface area contributed by atoms with Crippen LogP contribution in [0.2, 0.25) is 0 Å². The molecule has 0 saturated carbocycles. The van der Waals surface area contributed by atoms with E-state index >= 15 is 0 Å². The van der Waals surface area contributed by atoms with Gasteiger partial charge in [-0.15, -0.1) is 0 Å². The highest BCUT2D eigenvalue weighted by Crippen LogP contribution is 2.31. The maximum atomic E-state index is 13.6. The van der Waals surface area contributed by atoms with Crippen LogP contribution in [0.15, 0.2) is 152 Å². The molecule has 51 heavy (non-hydrogen) atoms. The molecule has 5 aromatic carbocycles. The number of benzene rings is 5. The van der Waals surface area contributed by atoms with Crippen LogP contribution < -0.4 is 0 Å². The van der Waals surface area contributed by atoms with Gasteiger partial charge in [-0.1, -0.05) is 103 Å². The summed E-state index contributed by atoms with van der Waals surface area (Å²) in [5, 5.41) is 1.47. The summed E-state index contributed by atoms with van der Waals surface area (Å²) in [6.45, 7) is -0.436. The van der Waals surface area contributed by atoms with E-state index in [-0.39, 0.29) is 35.4 Å². The van der Waals surface area contributed by atoms with Gasteiger partial charge in [-0.2, -0.15) is 5.06 Å². The molecule has 0 aromatic heterocycles. The molecule has 1 aliphatic rings. The molecular formula is C41H35NO9. The predicted molar refractivity (Wildman–Crippen MR) is 185 cm³/mol. The second-order valence-electron chi connectivity index (χ2n) is 11.7. The molecule has 0 unspecified atom stereocenters. The quantitative estimate of drug-likeness (QED) is 0.103. The van der Waals surface area contributed by atoms with E-state index in [9.17, 15) is 19.2 Å². The number of rotatable bonds is 13. The lowest BCUT2D eigenvalue weighted by atomic mass is 10.0. The zero-order valence-corrected chi connectivity index (χ0v) is 27.5. The summed E-state index contributed by atoms with van der Waals surface area (Å²) in [6.07, 6.45) is -3.60. The Morgan fingerprint density at radius 2 is 0.980 bits per heavy atom. The lowest BCUT2D eigenvalue weighted by Crippen LogP contribution is -2.51. The number of carbonyl (C=O) groups excluding carboxylic acids is 4. The molecule has 4 atom stereocenters. The van der Waals surface area contributed by atoms with Crippen molar-refractivity contribution in [3.05, 3.63) is 179 Å². The molecule has 10 heteroatoms. The second-order valence-corrected chi connectivity index (χ2v) is 11.7. The van der Waals surface area contributed by atoms with E-state index in [1.165, 1.54) is 5.06 Å². The first-order valence-corrected chi connectivity index (χ1v) is 16.4. The van der Waals surface area contributed by atoms with Crippen molar-refractivity contribution in [2.45, 2.75) is 31.0 Å². The van der Waals surface area contributed by atoms with Crippen LogP contribution in [0.3, 0.4) is 0 Å². The number of esters is 4. The predicted octanol–water partition coefficient (Wildman–Crippen LogP) is 6.34. The average Bonchev–Trinajstić information content (AvgIpc) is 3.52. The van der Waals surface area contributed by atoms with Gasteiger partial charge in [0.25, 0.3) is 0 Å². The Morgan fingerprint density at radius 1 is 0.549 bits per heavy atom. The van der Waals surface area contributed by atoms with Gasteiger partial charge in [-0.3, -0.25) is 4.84 Å². The molecule has 0 radical (unpaired) electrons. The molecular weight excluding hydrogens is 650 g/mol. The maximum Gasteiger partial charge on any atom is 0.338 e. The third-order valence-corrected chi connectivity index (χ3v) is 8.19. The summed E-state index contributed by atoms with van der Waals surface area (Å²) in [7, 11) is 0. The second kappa shape index (κ2) is 17.0. The van der Waals surface area contributed by atoms with Crippen LogP contribution in [0.1, 0.15) is 47.0 Å². The highest BCUT2D eigenvalue weighted by atomic mass is 16.7. The molecule has 0 spiro atoms. The molecule has 1 aliphatic heterocycles. The van der Waals surface area contributed by atoms with Crippen molar-refractivity contribution in [3.63, 3.8) is 0 Å².